The summed E-state index contributed by atoms with van der Waals surface area (Å²) in [4.78, 5) is 6.13. The Morgan fingerprint density at radius 1 is 1.35 bits per heavy atom. The van der Waals surface area contributed by atoms with Gasteiger partial charge in [-0.15, -0.1) is 24.0 Å². The van der Waals surface area contributed by atoms with Crippen molar-refractivity contribution in [2.75, 3.05) is 27.2 Å². The monoisotopic (exact) mass is 434 g/mol. The van der Waals surface area contributed by atoms with Gasteiger partial charge in [-0.1, -0.05) is 5.16 Å². The molecule has 0 atom stereocenters. The summed E-state index contributed by atoms with van der Waals surface area (Å²) in [5, 5.41) is 7.00. The molecule has 0 aliphatic carbocycles. The molecule has 0 fully saturated rings. The Kier molecular flexibility index (Phi) is 8.38. The molecule has 0 saturated carbocycles. The number of hydrogen-bond acceptors (Lipinski definition) is 4. The second kappa shape index (κ2) is 10.0. The Morgan fingerprint density at radius 2 is 2.09 bits per heavy atom. The first-order valence-corrected chi connectivity index (χ1v) is 6.88. The lowest BCUT2D eigenvalue weighted by Gasteiger charge is -2.21. The van der Waals surface area contributed by atoms with Crippen LogP contribution in [0.1, 0.15) is 5.69 Å². The summed E-state index contributed by atoms with van der Waals surface area (Å²) >= 11 is 0. The average molecular weight is 434 g/mol. The van der Waals surface area contributed by atoms with Crippen LogP contribution in [0.15, 0.2) is 46.1 Å². The number of aromatic nitrogens is 1. The van der Waals surface area contributed by atoms with Crippen LogP contribution in [0.4, 0.5) is 4.39 Å². The molecule has 0 radical (unpaired) electrons. The van der Waals surface area contributed by atoms with Crippen molar-refractivity contribution in [2.24, 2.45) is 4.99 Å². The zero-order valence-corrected chi connectivity index (χ0v) is 15.4. The van der Waals surface area contributed by atoms with Gasteiger partial charge in [0.15, 0.2) is 5.96 Å². The maximum Gasteiger partial charge on any atom is 0.193 e. The molecule has 1 heterocycles. The van der Waals surface area contributed by atoms with E-state index in [4.69, 9.17) is 9.26 Å². The van der Waals surface area contributed by atoms with Gasteiger partial charge in [-0.3, -0.25) is 4.99 Å². The number of benzene rings is 1. The highest BCUT2D eigenvalue weighted by Gasteiger charge is 2.06. The molecular formula is C15H20FIN4O2. The van der Waals surface area contributed by atoms with Crippen LogP contribution >= 0.6 is 24.0 Å². The standard InChI is InChI=1S/C15H19FN4O2.HI/c1-17-15(18-11-13-7-9-22-19-13)20(2)8-10-21-14-5-3-12(16)4-6-14;/h3-7,9H,8,10-11H2,1-2H3,(H,17,18);1H. The van der Waals surface area contributed by atoms with Gasteiger partial charge in [0.2, 0.25) is 0 Å². The van der Waals surface area contributed by atoms with Crippen LogP contribution in [0.5, 0.6) is 5.75 Å². The summed E-state index contributed by atoms with van der Waals surface area (Å²) in [6, 6.07) is 7.74. The van der Waals surface area contributed by atoms with E-state index in [0.29, 0.717) is 25.4 Å². The number of aliphatic imine (C=N–C) groups is 1. The first-order valence-electron chi connectivity index (χ1n) is 6.88. The lowest BCUT2D eigenvalue weighted by Crippen LogP contribution is -2.40. The van der Waals surface area contributed by atoms with Gasteiger partial charge in [0.25, 0.3) is 0 Å². The molecule has 2 aromatic rings. The largest absolute Gasteiger partial charge is 0.492 e. The van der Waals surface area contributed by atoms with Gasteiger partial charge in [0.1, 0.15) is 30.1 Å². The molecule has 0 aliphatic heterocycles. The number of ether oxygens (including phenoxy) is 1. The summed E-state index contributed by atoms with van der Waals surface area (Å²) in [6.07, 6.45) is 1.53. The number of rotatable bonds is 6. The van der Waals surface area contributed by atoms with Crippen molar-refractivity contribution in [2.45, 2.75) is 6.54 Å². The molecule has 0 saturated heterocycles. The van der Waals surface area contributed by atoms with Gasteiger partial charge in [0, 0.05) is 20.2 Å². The van der Waals surface area contributed by atoms with E-state index in [0.717, 1.165) is 11.7 Å². The van der Waals surface area contributed by atoms with E-state index in [1.54, 1.807) is 25.2 Å². The Bertz CT molecular complexity index is 590. The fraction of sp³-hybridized carbons (Fsp3) is 0.333. The number of nitrogens with zero attached hydrogens (tertiary/aromatic N) is 3. The minimum atomic E-state index is -0.276. The molecule has 0 aliphatic rings. The van der Waals surface area contributed by atoms with Crippen molar-refractivity contribution in [1.82, 2.24) is 15.4 Å². The summed E-state index contributed by atoms with van der Waals surface area (Å²) in [5.74, 6) is 1.09. The van der Waals surface area contributed by atoms with E-state index in [1.165, 1.54) is 18.4 Å². The molecule has 0 unspecified atom stereocenters. The van der Waals surface area contributed by atoms with Crippen molar-refractivity contribution >= 4 is 29.9 Å². The Hall–Kier alpha value is -1.84. The van der Waals surface area contributed by atoms with E-state index in [2.05, 4.69) is 15.5 Å². The molecule has 23 heavy (non-hydrogen) atoms. The Balaban J connectivity index is 0.00000264. The van der Waals surface area contributed by atoms with Crippen molar-refractivity contribution in [3.63, 3.8) is 0 Å². The first kappa shape index (κ1) is 19.2. The summed E-state index contributed by atoms with van der Waals surface area (Å²) in [7, 11) is 3.62. The smallest absolute Gasteiger partial charge is 0.193 e. The molecule has 6 nitrogen and oxygen atoms in total. The minimum Gasteiger partial charge on any atom is -0.492 e. The average Bonchev–Trinajstić information content (AvgIpc) is 3.03. The van der Waals surface area contributed by atoms with Crippen LogP contribution in [0, 0.1) is 5.82 Å². The Morgan fingerprint density at radius 3 is 2.70 bits per heavy atom. The lowest BCUT2D eigenvalue weighted by molar-refractivity contribution is 0.281. The highest BCUT2D eigenvalue weighted by molar-refractivity contribution is 14.0. The normalized spacial score (nSPS) is 10.8. The van der Waals surface area contributed by atoms with Crippen molar-refractivity contribution in [3.05, 3.63) is 48.1 Å². The summed E-state index contributed by atoms with van der Waals surface area (Å²) < 4.78 is 23.1. The van der Waals surface area contributed by atoms with Crippen molar-refractivity contribution in [3.8, 4) is 5.75 Å². The molecule has 1 aromatic carbocycles. The van der Waals surface area contributed by atoms with Crippen LogP contribution in [0.3, 0.4) is 0 Å². The third-order valence-electron chi connectivity index (χ3n) is 3.00. The van der Waals surface area contributed by atoms with Crippen LogP contribution in [-0.4, -0.2) is 43.3 Å². The topological polar surface area (TPSA) is 62.9 Å². The molecular weight excluding hydrogens is 414 g/mol. The molecule has 0 spiro atoms. The highest BCUT2D eigenvalue weighted by Crippen LogP contribution is 2.10. The maximum absolute atomic E-state index is 12.8. The van der Waals surface area contributed by atoms with E-state index >= 15 is 0 Å². The fourth-order valence-electron chi connectivity index (χ4n) is 1.82. The highest BCUT2D eigenvalue weighted by atomic mass is 127. The Labute approximate surface area is 151 Å². The first-order chi connectivity index (χ1) is 10.7. The molecule has 2 rings (SSSR count). The van der Waals surface area contributed by atoms with Gasteiger partial charge < -0.3 is 19.5 Å². The third-order valence-corrected chi connectivity index (χ3v) is 3.00. The molecule has 1 N–H and O–H groups in total. The zero-order chi connectivity index (χ0) is 15.8. The van der Waals surface area contributed by atoms with Crippen LogP contribution in [-0.2, 0) is 6.54 Å². The molecule has 1 aromatic heterocycles. The molecule has 0 bridgehead atoms. The van der Waals surface area contributed by atoms with Gasteiger partial charge in [0.05, 0.1) is 13.1 Å². The zero-order valence-electron chi connectivity index (χ0n) is 13.0. The fourth-order valence-corrected chi connectivity index (χ4v) is 1.82. The lowest BCUT2D eigenvalue weighted by atomic mass is 10.3. The van der Waals surface area contributed by atoms with Gasteiger partial charge in [-0.05, 0) is 24.3 Å². The SMILES string of the molecule is CN=C(NCc1ccon1)N(C)CCOc1ccc(F)cc1.I. The van der Waals surface area contributed by atoms with E-state index in [-0.39, 0.29) is 29.8 Å². The number of likely N-dealkylation sites (N-methyl/N-ethyl adjacent to an activating group) is 1. The van der Waals surface area contributed by atoms with Crippen molar-refractivity contribution < 1.29 is 13.7 Å². The molecule has 8 heteroatoms. The van der Waals surface area contributed by atoms with Crippen LogP contribution in [0.2, 0.25) is 0 Å². The predicted molar refractivity (Wildman–Crippen MR) is 96.6 cm³/mol. The van der Waals surface area contributed by atoms with E-state index in [1.807, 2.05) is 11.9 Å². The number of halogens is 2. The third kappa shape index (κ3) is 6.43. The summed E-state index contributed by atoms with van der Waals surface area (Å²) in [5.41, 5.74) is 0.803. The predicted octanol–water partition coefficient (Wildman–Crippen LogP) is 2.52. The molecule has 0 amide bonds. The number of hydrogen-bond donors (Lipinski definition) is 1. The van der Waals surface area contributed by atoms with Crippen LogP contribution < -0.4 is 10.1 Å². The number of nitrogens with one attached hydrogen (secondary N) is 1. The number of guanidine groups is 1. The quantitative estimate of drug-likeness (QED) is 0.430. The molecule has 126 valence electrons. The van der Waals surface area contributed by atoms with Crippen LogP contribution in [0.25, 0.3) is 0 Å². The van der Waals surface area contributed by atoms with E-state index < -0.39 is 0 Å². The van der Waals surface area contributed by atoms with Gasteiger partial charge >= 0.3 is 0 Å². The van der Waals surface area contributed by atoms with E-state index in [9.17, 15) is 4.39 Å². The second-order valence-corrected chi connectivity index (χ2v) is 4.62. The minimum absolute atomic E-state index is 0. The summed E-state index contributed by atoms with van der Waals surface area (Å²) in [6.45, 7) is 1.63. The maximum atomic E-state index is 12.8. The van der Waals surface area contributed by atoms with Gasteiger partial charge in [-0.25, -0.2) is 4.39 Å². The second-order valence-electron chi connectivity index (χ2n) is 4.62. The van der Waals surface area contributed by atoms with Crippen molar-refractivity contribution in [1.29, 1.82) is 0 Å². The van der Waals surface area contributed by atoms with Gasteiger partial charge in [-0.2, -0.15) is 0 Å².